The molecule has 2 aromatic rings. The Hall–Kier alpha value is -2.36. The van der Waals surface area contributed by atoms with Gasteiger partial charge in [0, 0.05) is 16.9 Å². The van der Waals surface area contributed by atoms with Gasteiger partial charge in [0.15, 0.2) is 12.4 Å². The van der Waals surface area contributed by atoms with E-state index in [-0.39, 0.29) is 18.3 Å². The fourth-order valence-corrected chi connectivity index (χ4v) is 3.00. The summed E-state index contributed by atoms with van der Waals surface area (Å²) in [6, 6.07) is 9.33. The maximum absolute atomic E-state index is 12.5. The average molecular weight is 284 g/mol. The number of carboxylic acids is 1. The number of aliphatic carboxylic acids is 1. The molecule has 0 aliphatic heterocycles. The molecule has 1 N–H and O–H groups in total. The van der Waals surface area contributed by atoms with Gasteiger partial charge in [0.2, 0.25) is 0 Å². The second-order valence-corrected chi connectivity index (χ2v) is 5.31. The SMILES string of the molecule is CCC1Cc2cc(OCC(=O)O)c3ccccc3c2C1=O. The number of carbonyl (C=O) groups is 2. The van der Waals surface area contributed by atoms with Crippen LogP contribution in [0.15, 0.2) is 30.3 Å². The molecule has 0 aromatic heterocycles. The van der Waals surface area contributed by atoms with Gasteiger partial charge >= 0.3 is 5.97 Å². The van der Waals surface area contributed by atoms with Crippen LogP contribution in [0.1, 0.15) is 29.3 Å². The molecule has 0 radical (unpaired) electrons. The van der Waals surface area contributed by atoms with Crippen molar-refractivity contribution in [1.29, 1.82) is 0 Å². The summed E-state index contributed by atoms with van der Waals surface area (Å²) < 4.78 is 5.40. The van der Waals surface area contributed by atoms with E-state index in [4.69, 9.17) is 9.84 Å². The largest absolute Gasteiger partial charge is 0.481 e. The van der Waals surface area contributed by atoms with Crippen LogP contribution in [0.4, 0.5) is 0 Å². The summed E-state index contributed by atoms with van der Waals surface area (Å²) in [5.41, 5.74) is 1.74. The topological polar surface area (TPSA) is 63.6 Å². The van der Waals surface area contributed by atoms with Crippen molar-refractivity contribution in [1.82, 2.24) is 0 Å². The summed E-state index contributed by atoms with van der Waals surface area (Å²) in [6.45, 7) is 1.63. The molecule has 0 bridgehead atoms. The Labute approximate surface area is 122 Å². The third-order valence-electron chi connectivity index (χ3n) is 4.02. The molecule has 4 nitrogen and oxygen atoms in total. The molecule has 3 rings (SSSR count). The third kappa shape index (κ3) is 2.27. The van der Waals surface area contributed by atoms with E-state index in [0.29, 0.717) is 12.2 Å². The summed E-state index contributed by atoms with van der Waals surface area (Å²) in [4.78, 5) is 23.2. The standard InChI is InChI=1S/C17H16O4/c1-2-10-7-11-8-14(21-9-15(18)19)12-5-3-4-6-13(12)16(11)17(10)20/h3-6,8,10H,2,7,9H2,1H3,(H,18,19). The number of hydrogen-bond donors (Lipinski definition) is 1. The van der Waals surface area contributed by atoms with Crippen LogP contribution < -0.4 is 4.74 Å². The summed E-state index contributed by atoms with van der Waals surface area (Å²) in [5.74, 6) is -0.259. The van der Waals surface area contributed by atoms with Crippen LogP contribution in [0, 0.1) is 5.92 Å². The summed E-state index contributed by atoms with van der Waals surface area (Å²) in [5, 5.41) is 10.4. The van der Waals surface area contributed by atoms with Crippen molar-refractivity contribution in [3.8, 4) is 5.75 Å². The highest BCUT2D eigenvalue weighted by Gasteiger charge is 2.31. The van der Waals surface area contributed by atoms with Crippen LogP contribution in [0.5, 0.6) is 5.75 Å². The number of ether oxygens (including phenoxy) is 1. The molecule has 0 spiro atoms. The van der Waals surface area contributed by atoms with Gasteiger partial charge in [-0.15, -0.1) is 0 Å². The van der Waals surface area contributed by atoms with Gasteiger partial charge in [0.05, 0.1) is 0 Å². The molecule has 4 heteroatoms. The summed E-state index contributed by atoms with van der Waals surface area (Å²) >= 11 is 0. The van der Waals surface area contributed by atoms with Gasteiger partial charge in [-0.2, -0.15) is 0 Å². The second kappa shape index (κ2) is 5.20. The minimum Gasteiger partial charge on any atom is -0.481 e. The van der Waals surface area contributed by atoms with Crippen molar-refractivity contribution in [3.63, 3.8) is 0 Å². The van der Waals surface area contributed by atoms with Gasteiger partial charge in [-0.1, -0.05) is 31.2 Å². The normalized spacial score (nSPS) is 17.0. The smallest absolute Gasteiger partial charge is 0.341 e. The van der Waals surface area contributed by atoms with Crippen molar-refractivity contribution in [2.45, 2.75) is 19.8 Å². The Morgan fingerprint density at radius 2 is 2.05 bits per heavy atom. The van der Waals surface area contributed by atoms with Crippen LogP contribution in [-0.2, 0) is 11.2 Å². The number of rotatable bonds is 4. The average Bonchev–Trinajstić information content (AvgIpc) is 2.81. The lowest BCUT2D eigenvalue weighted by molar-refractivity contribution is -0.139. The maximum Gasteiger partial charge on any atom is 0.341 e. The predicted octanol–water partition coefficient (Wildman–Crippen LogP) is 3.07. The van der Waals surface area contributed by atoms with E-state index in [9.17, 15) is 9.59 Å². The second-order valence-electron chi connectivity index (χ2n) is 5.31. The lowest BCUT2D eigenvalue weighted by Gasteiger charge is -2.11. The minimum absolute atomic E-state index is 0.0260. The van der Waals surface area contributed by atoms with E-state index in [1.54, 1.807) is 0 Å². The number of hydrogen-bond acceptors (Lipinski definition) is 3. The first kappa shape index (κ1) is 13.6. The van der Waals surface area contributed by atoms with Crippen LogP contribution >= 0.6 is 0 Å². The van der Waals surface area contributed by atoms with E-state index in [0.717, 1.165) is 28.3 Å². The lowest BCUT2D eigenvalue weighted by atomic mass is 9.98. The monoisotopic (exact) mass is 284 g/mol. The molecule has 0 saturated heterocycles. The number of carbonyl (C=O) groups excluding carboxylic acids is 1. The molecule has 108 valence electrons. The van der Waals surface area contributed by atoms with Gasteiger partial charge in [-0.3, -0.25) is 4.79 Å². The van der Waals surface area contributed by atoms with Gasteiger partial charge in [0.25, 0.3) is 0 Å². The number of carboxylic acid groups (broad SMARTS) is 1. The number of benzene rings is 2. The molecule has 21 heavy (non-hydrogen) atoms. The summed E-state index contributed by atoms with van der Waals surface area (Å²) in [7, 11) is 0. The molecule has 0 fully saturated rings. The Bertz CT molecular complexity index is 733. The van der Waals surface area contributed by atoms with Gasteiger partial charge in [-0.05, 0) is 29.9 Å². The fraction of sp³-hybridized carbons (Fsp3) is 0.294. The highest BCUT2D eigenvalue weighted by atomic mass is 16.5. The Balaban J connectivity index is 2.16. The Kier molecular flexibility index (Phi) is 3.37. The molecular weight excluding hydrogens is 268 g/mol. The lowest BCUT2D eigenvalue weighted by Crippen LogP contribution is -2.10. The number of Topliss-reactive ketones (excluding diaryl/α,β-unsaturated/α-hetero) is 1. The molecule has 1 unspecified atom stereocenters. The maximum atomic E-state index is 12.5. The third-order valence-corrected chi connectivity index (χ3v) is 4.02. The van der Waals surface area contributed by atoms with Crippen molar-refractivity contribution in [2.75, 3.05) is 6.61 Å². The molecular formula is C17H16O4. The molecule has 0 heterocycles. The highest BCUT2D eigenvalue weighted by Crippen LogP contribution is 2.38. The molecule has 1 aliphatic rings. The fourth-order valence-electron chi connectivity index (χ4n) is 3.00. The Morgan fingerprint density at radius 3 is 2.71 bits per heavy atom. The first-order valence-corrected chi connectivity index (χ1v) is 7.05. The van der Waals surface area contributed by atoms with Crippen molar-refractivity contribution in [3.05, 3.63) is 41.5 Å². The van der Waals surface area contributed by atoms with Crippen LogP contribution in [0.2, 0.25) is 0 Å². The van der Waals surface area contributed by atoms with E-state index in [2.05, 4.69) is 0 Å². The minimum atomic E-state index is -1.01. The zero-order chi connectivity index (χ0) is 15.0. The molecule has 2 aromatic carbocycles. The zero-order valence-electron chi connectivity index (χ0n) is 11.8. The molecule has 0 saturated carbocycles. The number of fused-ring (bicyclic) bond motifs is 3. The van der Waals surface area contributed by atoms with Crippen molar-refractivity contribution in [2.24, 2.45) is 5.92 Å². The van der Waals surface area contributed by atoms with E-state index in [1.165, 1.54) is 0 Å². The van der Waals surface area contributed by atoms with E-state index >= 15 is 0 Å². The zero-order valence-corrected chi connectivity index (χ0v) is 11.8. The highest BCUT2D eigenvalue weighted by molar-refractivity contribution is 6.13. The van der Waals surface area contributed by atoms with Crippen LogP contribution in [0.25, 0.3) is 10.8 Å². The van der Waals surface area contributed by atoms with Crippen molar-refractivity contribution < 1.29 is 19.4 Å². The van der Waals surface area contributed by atoms with E-state index in [1.807, 2.05) is 37.3 Å². The molecule has 1 atom stereocenters. The van der Waals surface area contributed by atoms with Crippen LogP contribution in [0.3, 0.4) is 0 Å². The van der Waals surface area contributed by atoms with Gasteiger partial charge < -0.3 is 9.84 Å². The number of ketones is 1. The van der Waals surface area contributed by atoms with Gasteiger partial charge in [0.1, 0.15) is 5.75 Å². The van der Waals surface area contributed by atoms with Crippen molar-refractivity contribution >= 4 is 22.5 Å². The quantitative estimate of drug-likeness (QED) is 0.937. The summed E-state index contributed by atoms with van der Waals surface area (Å²) in [6.07, 6.45) is 1.52. The Morgan fingerprint density at radius 1 is 1.33 bits per heavy atom. The molecule has 0 amide bonds. The van der Waals surface area contributed by atoms with Gasteiger partial charge in [-0.25, -0.2) is 4.79 Å². The first-order chi connectivity index (χ1) is 10.1. The molecule has 1 aliphatic carbocycles. The van der Waals surface area contributed by atoms with E-state index < -0.39 is 5.97 Å². The van der Waals surface area contributed by atoms with Crippen LogP contribution in [-0.4, -0.2) is 23.5 Å². The predicted molar refractivity (Wildman–Crippen MR) is 78.9 cm³/mol. The first-order valence-electron chi connectivity index (χ1n) is 7.05.